The molecular weight excluding hydrogens is 204 g/mol. The summed E-state index contributed by atoms with van der Waals surface area (Å²) in [5, 5.41) is 8.78. The van der Waals surface area contributed by atoms with Crippen LogP contribution in [0.5, 0.6) is 0 Å². The molecule has 1 heterocycles. The van der Waals surface area contributed by atoms with Gasteiger partial charge in [-0.1, -0.05) is 26.0 Å². The van der Waals surface area contributed by atoms with Gasteiger partial charge in [0.2, 0.25) is 0 Å². The summed E-state index contributed by atoms with van der Waals surface area (Å²) < 4.78 is 27.3. The number of carboxylic acids is 1. The van der Waals surface area contributed by atoms with Crippen LogP contribution in [-0.4, -0.2) is 28.6 Å². The van der Waals surface area contributed by atoms with Gasteiger partial charge in [0.05, 0.1) is 0 Å². The van der Waals surface area contributed by atoms with Crippen molar-refractivity contribution in [2.45, 2.75) is 19.9 Å². The van der Waals surface area contributed by atoms with E-state index in [9.17, 15) is 13.6 Å². The van der Waals surface area contributed by atoms with Gasteiger partial charge in [-0.15, -0.1) is 0 Å². The molecule has 0 spiro atoms. The van der Waals surface area contributed by atoms with Crippen molar-refractivity contribution in [2.75, 3.05) is 6.54 Å². The molecule has 1 N–H and O–H groups in total. The first-order chi connectivity index (χ1) is 6.87. The molecule has 3 nitrogen and oxygen atoms in total. The van der Waals surface area contributed by atoms with Gasteiger partial charge in [-0.05, 0) is 6.08 Å². The third kappa shape index (κ3) is 2.16. The number of hydrogen-bond donors (Lipinski definition) is 1. The van der Waals surface area contributed by atoms with Gasteiger partial charge in [0, 0.05) is 12.5 Å². The van der Waals surface area contributed by atoms with E-state index in [4.69, 9.17) is 5.11 Å². The molecule has 84 valence electrons. The first kappa shape index (κ1) is 11.7. The fourth-order valence-corrected chi connectivity index (χ4v) is 1.29. The number of halogens is 2. The van der Waals surface area contributed by atoms with Gasteiger partial charge in [0.25, 0.3) is 0 Å². The maximum atomic E-state index is 13.6. The Kier molecular flexibility index (Phi) is 3.12. The van der Waals surface area contributed by atoms with Crippen LogP contribution in [0.4, 0.5) is 8.78 Å². The highest BCUT2D eigenvalue weighted by Crippen LogP contribution is 2.32. The highest BCUT2D eigenvalue weighted by atomic mass is 19.3. The summed E-state index contributed by atoms with van der Waals surface area (Å²) >= 11 is 0. The Labute approximate surface area is 86.7 Å². The van der Waals surface area contributed by atoms with Crippen molar-refractivity contribution in [3.8, 4) is 0 Å². The highest BCUT2D eigenvalue weighted by Gasteiger charge is 2.43. The van der Waals surface area contributed by atoms with E-state index in [2.05, 4.69) is 0 Å². The van der Waals surface area contributed by atoms with E-state index in [0.29, 0.717) is 4.90 Å². The van der Waals surface area contributed by atoms with Crippen LogP contribution in [0.3, 0.4) is 0 Å². The number of aliphatic carboxylic acids is 1. The molecule has 0 amide bonds. The lowest BCUT2D eigenvalue weighted by Crippen LogP contribution is -2.47. The molecule has 1 rings (SSSR count). The molecule has 0 aromatic rings. The summed E-state index contributed by atoms with van der Waals surface area (Å²) in [4.78, 5) is 11.4. The number of hydrogen-bond acceptors (Lipinski definition) is 2. The average Bonchev–Trinajstić information content (AvgIpc) is 2.17. The van der Waals surface area contributed by atoms with Crippen LogP contribution in [0, 0.1) is 5.92 Å². The molecule has 0 radical (unpaired) electrons. The summed E-state index contributed by atoms with van der Waals surface area (Å²) in [5.74, 6) is -2.27. The second-order valence-corrected chi connectivity index (χ2v) is 3.64. The van der Waals surface area contributed by atoms with E-state index >= 15 is 0 Å². The van der Waals surface area contributed by atoms with Gasteiger partial charge in [-0.3, -0.25) is 0 Å². The fourth-order valence-electron chi connectivity index (χ4n) is 1.29. The van der Waals surface area contributed by atoms with Crippen molar-refractivity contribution in [1.29, 1.82) is 0 Å². The Morgan fingerprint density at radius 1 is 1.60 bits per heavy atom. The van der Waals surface area contributed by atoms with E-state index < -0.39 is 17.9 Å². The van der Waals surface area contributed by atoms with E-state index in [0.717, 1.165) is 0 Å². The molecule has 15 heavy (non-hydrogen) atoms. The quantitative estimate of drug-likeness (QED) is 0.736. The van der Waals surface area contributed by atoms with Crippen molar-refractivity contribution < 1.29 is 18.7 Å². The molecule has 0 aliphatic carbocycles. The van der Waals surface area contributed by atoms with Crippen molar-refractivity contribution in [3.05, 3.63) is 23.9 Å². The molecule has 0 aromatic carbocycles. The molecule has 1 aliphatic rings. The van der Waals surface area contributed by atoms with Crippen molar-refractivity contribution in [1.82, 2.24) is 4.90 Å². The van der Waals surface area contributed by atoms with E-state index in [1.165, 1.54) is 32.1 Å². The lowest BCUT2D eigenvalue weighted by molar-refractivity contribution is -0.169. The lowest BCUT2D eigenvalue weighted by atomic mass is 10.1. The molecule has 0 aromatic heterocycles. The van der Waals surface area contributed by atoms with Crippen LogP contribution >= 0.6 is 0 Å². The zero-order valence-corrected chi connectivity index (χ0v) is 8.58. The molecule has 0 saturated carbocycles. The maximum absolute atomic E-state index is 13.6. The van der Waals surface area contributed by atoms with E-state index in [1.807, 2.05) is 0 Å². The average molecular weight is 217 g/mol. The van der Waals surface area contributed by atoms with Crippen LogP contribution in [0.1, 0.15) is 13.8 Å². The molecule has 0 saturated heterocycles. The Morgan fingerprint density at radius 3 is 2.67 bits per heavy atom. The summed E-state index contributed by atoms with van der Waals surface area (Å²) in [5.41, 5.74) is -0.365. The van der Waals surface area contributed by atoms with Gasteiger partial charge < -0.3 is 10.0 Å². The van der Waals surface area contributed by atoms with Crippen LogP contribution < -0.4 is 0 Å². The summed E-state index contributed by atoms with van der Waals surface area (Å²) in [6, 6.07) is -3.14. The van der Waals surface area contributed by atoms with Crippen molar-refractivity contribution in [2.24, 2.45) is 5.92 Å². The first-order valence-electron chi connectivity index (χ1n) is 4.63. The standard InChI is InChI=1S/C10H13F2NO2/c1-7(2)10(11,12)13-6-4-3-5-8(13)9(14)15/h3-5,7H,6H2,1-2H3,(H,14,15). The SMILES string of the molecule is CC(C)C(F)(F)N1CC=CC=C1C(=O)O. The monoisotopic (exact) mass is 217 g/mol. The van der Waals surface area contributed by atoms with Crippen LogP contribution in [0.25, 0.3) is 0 Å². The van der Waals surface area contributed by atoms with Crippen molar-refractivity contribution in [3.63, 3.8) is 0 Å². The van der Waals surface area contributed by atoms with Crippen LogP contribution in [-0.2, 0) is 4.79 Å². The van der Waals surface area contributed by atoms with Crippen LogP contribution in [0.2, 0.25) is 0 Å². The number of nitrogens with zero attached hydrogens (tertiary/aromatic N) is 1. The van der Waals surface area contributed by atoms with Crippen LogP contribution in [0.15, 0.2) is 23.9 Å². The second-order valence-electron chi connectivity index (χ2n) is 3.64. The molecule has 1 aliphatic heterocycles. The Balaban J connectivity index is 3.01. The molecular formula is C10H13F2NO2. The third-order valence-corrected chi connectivity index (χ3v) is 2.24. The normalized spacial score (nSPS) is 16.9. The Bertz CT molecular complexity index is 321. The first-order valence-corrected chi connectivity index (χ1v) is 4.63. The van der Waals surface area contributed by atoms with E-state index in [1.54, 1.807) is 0 Å². The minimum absolute atomic E-state index is 0.0800. The number of alkyl halides is 2. The molecule has 0 unspecified atom stereocenters. The number of allylic oxidation sites excluding steroid dienone is 2. The van der Waals surface area contributed by atoms with E-state index in [-0.39, 0.29) is 12.2 Å². The smallest absolute Gasteiger partial charge is 0.352 e. The number of carboxylic acid groups (broad SMARTS) is 1. The Morgan fingerprint density at radius 2 is 2.20 bits per heavy atom. The molecule has 0 fully saturated rings. The maximum Gasteiger partial charge on any atom is 0.352 e. The minimum atomic E-state index is -3.14. The third-order valence-electron chi connectivity index (χ3n) is 2.24. The van der Waals surface area contributed by atoms with Gasteiger partial charge >= 0.3 is 12.0 Å². The number of carbonyl (C=O) groups is 1. The minimum Gasteiger partial charge on any atom is -0.477 e. The fraction of sp³-hybridized carbons (Fsp3) is 0.500. The zero-order valence-electron chi connectivity index (χ0n) is 8.58. The summed E-state index contributed by atoms with van der Waals surface area (Å²) in [6.45, 7) is 2.64. The second kappa shape index (κ2) is 4.00. The Hall–Kier alpha value is -1.39. The number of rotatable bonds is 3. The van der Waals surface area contributed by atoms with Crippen molar-refractivity contribution >= 4 is 5.97 Å². The zero-order chi connectivity index (χ0) is 11.6. The molecule has 5 heteroatoms. The molecule has 0 bridgehead atoms. The lowest BCUT2D eigenvalue weighted by Gasteiger charge is -2.35. The topological polar surface area (TPSA) is 40.5 Å². The highest BCUT2D eigenvalue weighted by molar-refractivity contribution is 5.86. The van der Waals surface area contributed by atoms with Gasteiger partial charge in [-0.2, -0.15) is 8.78 Å². The van der Waals surface area contributed by atoms with Gasteiger partial charge in [-0.25, -0.2) is 4.79 Å². The predicted molar refractivity (Wildman–Crippen MR) is 51.3 cm³/mol. The van der Waals surface area contributed by atoms with Gasteiger partial charge in [0.1, 0.15) is 5.70 Å². The van der Waals surface area contributed by atoms with Gasteiger partial charge in [0.15, 0.2) is 0 Å². The predicted octanol–water partition coefficient (Wildman–Crippen LogP) is 2.08. The molecule has 0 atom stereocenters. The summed E-state index contributed by atoms with van der Waals surface area (Å²) in [7, 11) is 0. The largest absolute Gasteiger partial charge is 0.477 e. The summed E-state index contributed by atoms with van der Waals surface area (Å²) in [6.07, 6.45) is 4.15.